The van der Waals surface area contributed by atoms with Crippen LogP contribution in [-0.4, -0.2) is 48.8 Å². The Hall–Kier alpha value is -1.31. The Bertz CT molecular complexity index is 562. The lowest BCUT2D eigenvalue weighted by molar-refractivity contribution is -0.275. The van der Waals surface area contributed by atoms with Gasteiger partial charge in [-0.25, -0.2) is 0 Å². The number of nitrogens with zero attached hydrogens (tertiary/aromatic N) is 1. The second-order valence-corrected chi connectivity index (χ2v) is 6.96. The maximum Gasteiger partial charge on any atom is 0.573 e. The van der Waals surface area contributed by atoms with E-state index in [-0.39, 0.29) is 12.4 Å². The van der Waals surface area contributed by atoms with Crippen LogP contribution in [0.15, 0.2) is 24.3 Å². The maximum absolute atomic E-state index is 12.5. The Balaban J connectivity index is 2.11. The molecule has 1 atom stereocenters. The van der Waals surface area contributed by atoms with E-state index in [1.54, 1.807) is 19.2 Å². The van der Waals surface area contributed by atoms with Gasteiger partial charge in [0.2, 0.25) is 0 Å². The summed E-state index contributed by atoms with van der Waals surface area (Å²) in [7, 11) is 1.55. The summed E-state index contributed by atoms with van der Waals surface area (Å²) in [6.07, 6.45) is -4.22. The average molecular weight is 347 g/mol. The SMILES string of the molecule is COC[C@]1(O)CCN(Cc2ccccc2OC(F)(F)F)CC1(C)C. The zero-order valence-electron chi connectivity index (χ0n) is 14.2. The summed E-state index contributed by atoms with van der Waals surface area (Å²) in [4.78, 5) is 2.03. The third-order valence-corrected chi connectivity index (χ3v) is 4.70. The first kappa shape index (κ1) is 19.0. The van der Waals surface area contributed by atoms with Crippen LogP contribution in [0.1, 0.15) is 25.8 Å². The molecule has 1 fully saturated rings. The molecule has 1 aliphatic heterocycles. The number of rotatable bonds is 5. The lowest BCUT2D eigenvalue weighted by Gasteiger charge is -2.50. The zero-order valence-corrected chi connectivity index (χ0v) is 14.2. The van der Waals surface area contributed by atoms with Gasteiger partial charge in [0.1, 0.15) is 5.75 Å². The number of alkyl halides is 3. The smallest absolute Gasteiger partial charge is 0.405 e. The number of benzene rings is 1. The largest absolute Gasteiger partial charge is 0.573 e. The number of hydrogen-bond acceptors (Lipinski definition) is 4. The molecule has 1 aliphatic rings. The van der Waals surface area contributed by atoms with Gasteiger partial charge >= 0.3 is 6.36 Å². The Kier molecular flexibility index (Phi) is 5.47. The van der Waals surface area contributed by atoms with Crippen molar-refractivity contribution in [3.63, 3.8) is 0 Å². The lowest BCUT2D eigenvalue weighted by atomic mass is 9.70. The van der Waals surface area contributed by atoms with E-state index in [0.717, 1.165) is 0 Å². The highest BCUT2D eigenvalue weighted by molar-refractivity contribution is 5.33. The van der Waals surface area contributed by atoms with Crippen LogP contribution < -0.4 is 4.74 Å². The molecular weight excluding hydrogens is 323 g/mol. The Morgan fingerprint density at radius 2 is 1.92 bits per heavy atom. The molecule has 0 bridgehead atoms. The molecule has 0 aliphatic carbocycles. The fourth-order valence-corrected chi connectivity index (χ4v) is 3.21. The molecule has 0 aromatic heterocycles. The Morgan fingerprint density at radius 1 is 1.25 bits per heavy atom. The third-order valence-electron chi connectivity index (χ3n) is 4.70. The number of para-hydroxylation sites is 1. The van der Waals surface area contributed by atoms with Gasteiger partial charge in [-0.2, -0.15) is 0 Å². The monoisotopic (exact) mass is 347 g/mol. The molecule has 4 nitrogen and oxygen atoms in total. The minimum atomic E-state index is -4.71. The molecule has 1 aromatic carbocycles. The highest BCUT2D eigenvalue weighted by Crippen LogP contribution is 2.39. The molecule has 0 radical (unpaired) electrons. The van der Waals surface area contributed by atoms with Crippen LogP contribution in [-0.2, 0) is 11.3 Å². The number of piperidine rings is 1. The molecule has 2 rings (SSSR count). The van der Waals surface area contributed by atoms with Crippen LogP contribution >= 0.6 is 0 Å². The van der Waals surface area contributed by atoms with Crippen LogP contribution in [0.25, 0.3) is 0 Å². The number of methoxy groups -OCH3 is 1. The lowest BCUT2D eigenvalue weighted by Crippen LogP contribution is -2.59. The minimum Gasteiger partial charge on any atom is -0.405 e. The molecule has 0 saturated carbocycles. The van der Waals surface area contributed by atoms with Crippen LogP contribution in [0.5, 0.6) is 5.75 Å². The predicted molar refractivity (Wildman–Crippen MR) is 83.6 cm³/mol. The first-order valence-corrected chi connectivity index (χ1v) is 7.84. The van der Waals surface area contributed by atoms with Gasteiger partial charge in [-0.1, -0.05) is 32.0 Å². The number of ether oxygens (including phenoxy) is 2. The highest BCUT2D eigenvalue weighted by atomic mass is 19.4. The van der Waals surface area contributed by atoms with Crippen molar-refractivity contribution in [3.05, 3.63) is 29.8 Å². The quantitative estimate of drug-likeness (QED) is 0.888. The normalized spacial score (nSPS) is 24.8. The molecule has 1 heterocycles. The average Bonchev–Trinajstić information content (AvgIpc) is 2.44. The maximum atomic E-state index is 12.5. The van der Waals surface area contributed by atoms with Crippen molar-refractivity contribution < 1.29 is 27.8 Å². The van der Waals surface area contributed by atoms with E-state index in [1.807, 2.05) is 18.7 Å². The van der Waals surface area contributed by atoms with Crippen molar-refractivity contribution >= 4 is 0 Å². The first-order valence-electron chi connectivity index (χ1n) is 7.84. The van der Waals surface area contributed by atoms with Gasteiger partial charge in [0, 0.05) is 37.7 Å². The van der Waals surface area contributed by atoms with Crippen LogP contribution in [0.3, 0.4) is 0 Å². The molecule has 1 N–H and O–H groups in total. The highest BCUT2D eigenvalue weighted by Gasteiger charge is 2.47. The Morgan fingerprint density at radius 3 is 2.50 bits per heavy atom. The van der Waals surface area contributed by atoms with E-state index in [0.29, 0.717) is 31.6 Å². The number of halogens is 3. The molecule has 1 aromatic rings. The van der Waals surface area contributed by atoms with E-state index in [2.05, 4.69) is 4.74 Å². The summed E-state index contributed by atoms with van der Waals surface area (Å²) in [6.45, 7) is 5.57. The van der Waals surface area contributed by atoms with E-state index in [1.165, 1.54) is 12.1 Å². The molecule has 1 saturated heterocycles. The van der Waals surface area contributed by atoms with Crippen molar-refractivity contribution in [2.45, 2.75) is 38.8 Å². The van der Waals surface area contributed by atoms with E-state index < -0.39 is 17.4 Å². The molecule has 0 spiro atoms. The summed E-state index contributed by atoms with van der Waals surface area (Å²) in [5.74, 6) is -0.180. The Labute approximate surface area is 140 Å². The second-order valence-electron chi connectivity index (χ2n) is 6.96. The van der Waals surface area contributed by atoms with E-state index >= 15 is 0 Å². The van der Waals surface area contributed by atoms with Gasteiger partial charge in [-0.15, -0.1) is 13.2 Å². The molecule has 136 valence electrons. The fourth-order valence-electron chi connectivity index (χ4n) is 3.21. The zero-order chi connectivity index (χ0) is 18.0. The van der Waals surface area contributed by atoms with Gasteiger partial charge in [0.15, 0.2) is 0 Å². The van der Waals surface area contributed by atoms with E-state index in [9.17, 15) is 18.3 Å². The topological polar surface area (TPSA) is 41.9 Å². The first-order chi connectivity index (χ1) is 11.1. The van der Waals surface area contributed by atoms with Gasteiger partial charge in [0.05, 0.1) is 12.2 Å². The molecule has 24 heavy (non-hydrogen) atoms. The van der Waals surface area contributed by atoms with Crippen molar-refractivity contribution in [1.82, 2.24) is 4.90 Å². The van der Waals surface area contributed by atoms with Crippen molar-refractivity contribution in [2.24, 2.45) is 5.41 Å². The minimum absolute atomic E-state index is 0.180. The predicted octanol–water partition coefficient (Wildman–Crippen LogP) is 3.19. The van der Waals surface area contributed by atoms with Crippen molar-refractivity contribution in [1.29, 1.82) is 0 Å². The van der Waals surface area contributed by atoms with Crippen molar-refractivity contribution in [2.75, 3.05) is 26.8 Å². The van der Waals surface area contributed by atoms with Gasteiger partial charge < -0.3 is 14.6 Å². The second kappa shape index (κ2) is 6.90. The number of aliphatic hydroxyl groups is 1. The van der Waals surface area contributed by atoms with E-state index in [4.69, 9.17) is 4.74 Å². The summed E-state index contributed by atoms with van der Waals surface area (Å²) < 4.78 is 46.8. The third kappa shape index (κ3) is 4.40. The van der Waals surface area contributed by atoms with Crippen LogP contribution in [0.4, 0.5) is 13.2 Å². The molecule has 7 heteroatoms. The van der Waals surface area contributed by atoms with Crippen molar-refractivity contribution in [3.8, 4) is 5.75 Å². The molecule has 0 amide bonds. The summed E-state index contributed by atoms with van der Waals surface area (Å²) >= 11 is 0. The van der Waals surface area contributed by atoms with Crippen LogP contribution in [0, 0.1) is 5.41 Å². The van der Waals surface area contributed by atoms with Gasteiger partial charge in [-0.05, 0) is 12.5 Å². The molecular formula is C17H24F3NO3. The molecule has 0 unspecified atom stereocenters. The standard InChI is InChI=1S/C17H24F3NO3/c1-15(2)11-21(9-8-16(15,22)12-23-3)10-13-6-4-5-7-14(13)24-17(18,19)20/h4-7,22H,8-12H2,1-3H3/t16-/m1/s1. The summed E-state index contributed by atoms with van der Waals surface area (Å²) in [5.41, 5.74) is -0.913. The fraction of sp³-hybridized carbons (Fsp3) is 0.647. The van der Waals surface area contributed by atoms with Gasteiger partial charge in [0.25, 0.3) is 0 Å². The summed E-state index contributed by atoms with van der Waals surface area (Å²) in [5, 5.41) is 10.8. The number of likely N-dealkylation sites (tertiary alicyclic amines) is 1. The number of hydrogen-bond donors (Lipinski definition) is 1. The van der Waals surface area contributed by atoms with Gasteiger partial charge in [-0.3, -0.25) is 4.90 Å². The van der Waals surface area contributed by atoms with Crippen LogP contribution in [0.2, 0.25) is 0 Å². The summed E-state index contributed by atoms with van der Waals surface area (Å²) in [6, 6.07) is 6.15.